The van der Waals surface area contributed by atoms with Gasteiger partial charge in [0, 0.05) is 17.0 Å². The molecule has 2 heterocycles. The van der Waals surface area contributed by atoms with Crippen LogP contribution in [0, 0.1) is 11.7 Å². The molecule has 0 bridgehead atoms. The van der Waals surface area contributed by atoms with Crippen LogP contribution in [0.1, 0.15) is 161 Å². The number of imidazole rings is 1. The number of benzene rings is 2. The van der Waals surface area contributed by atoms with Gasteiger partial charge in [0.1, 0.15) is 5.75 Å². The number of allylic oxidation sites excluding steroid dienone is 2. The Morgan fingerprint density at radius 2 is 1.32 bits per heavy atom. The smallest absolute Gasteiger partial charge is 0.337 e. The Morgan fingerprint density at radius 1 is 0.750 bits per heavy atom. The van der Waals surface area contributed by atoms with Crippen molar-refractivity contribution in [3.05, 3.63) is 80.4 Å². The van der Waals surface area contributed by atoms with Crippen molar-refractivity contribution in [1.29, 1.82) is 0 Å². The van der Waals surface area contributed by atoms with Crippen molar-refractivity contribution in [2.24, 2.45) is 0 Å². The Hall–Kier alpha value is -3.85. The van der Waals surface area contributed by atoms with Crippen molar-refractivity contribution < 1.29 is 23.8 Å². The first-order valence-corrected chi connectivity index (χ1v) is 21.8. The van der Waals surface area contributed by atoms with E-state index in [0.29, 0.717) is 33.1 Å². The molecule has 2 N–H and O–H groups in total. The van der Waals surface area contributed by atoms with Crippen LogP contribution in [0.5, 0.6) is 5.75 Å². The highest BCUT2D eigenvalue weighted by atomic mass is 32.1. The minimum atomic E-state index is -0.808. The van der Waals surface area contributed by atoms with Gasteiger partial charge in [-0.05, 0) is 110 Å². The van der Waals surface area contributed by atoms with Crippen LogP contribution in [0.15, 0.2) is 58.9 Å². The Labute approximate surface area is 341 Å². The van der Waals surface area contributed by atoms with Gasteiger partial charge in [0.05, 0.1) is 53.0 Å². The van der Waals surface area contributed by atoms with Crippen LogP contribution in [0.2, 0.25) is 0 Å². The number of aromatic amines is 1. The van der Waals surface area contributed by atoms with Gasteiger partial charge in [0.25, 0.3) is 0 Å². The van der Waals surface area contributed by atoms with E-state index in [0.717, 1.165) is 47.0 Å². The highest BCUT2D eigenvalue weighted by Gasteiger charge is 2.42. The highest BCUT2D eigenvalue weighted by molar-refractivity contribution is 7.71. The van der Waals surface area contributed by atoms with Crippen LogP contribution in [-0.2, 0) is 32.0 Å². The number of aryl methyl sites for hydroxylation is 2. The first-order valence-electron chi connectivity index (χ1n) is 21.4. The zero-order valence-electron chi connectivity index (χ0n) is 35.8. The Morgan fingerprint density at radius 3 is 1.89 bits per heavy atom. The van der Waals surface area contributed by atoms with E-state index in [1.807, 2.05) is 84.2 Å². The van der Waals surface area contributed by atoms with Gasteiger partial charge in [0.15, 0.2) is 4.77 Å². The quantitative estimate of drug-likeness (QED) is 0.0561. The molecule has 4 rings (SSSR count). The van der Waals surface area contributed by atoms with Crippen LogP contribution < -0.4 is 10.1 Å². The first-order chi connectivity index (χ1) is 26.8. The first kappa shape index (κ1) is 44.9. The van der Waals surface area contributed by atoms with Gasteiger partial charge in [0.2, 0.25) is 0 Å². The summed E-state index contributed by atoms with van der Waals surface area (Å²) in [5.41, 5.74) is 6.77. The topological polar surface area (TPSA) is 94.6 Å². The van der Waals surface area contributed by atoms with Gasteiger partial charge in [-0.2, -0.15) is 0 Å². The molecular formula is C47H69N3O5S. The minimum Gasteiger partial charge on any atom is -0.491 e. The molecule has 2 aromatic carbocycles. The third kappa shape index (κ3) is 12.6. The second-order valence-electron chi connectivity index (χ2n) is 16.4. The van der Waals surface area contributed by atoms with Crippen molar-refractivity contribution in [3.8, 4) is 5.75 Å². The van der Waals surface area contributed by atoms with Gasteiger partial charge in [-0.15, -0.1) is 0 Å². The predicted octanol–water partition coefficient (Wildman–Crippen LogP) is 12.2. The molecule has 1 aliphatic heterocycles. The van der Waals surface area contributed by atoms with Crippen LogP contribution in [0.25, 0.3) is 11.0 Å². The van der Waals surface area contributed by atoms with E-state index in [1.165, 1.54) is 70.6 Å². The third-order valence-electron chi connectivity index (χ3n) is 10.4. The number of rotatable bonds is 23. The monoisotopic (exact) mass is 787 g/mol. The maximum absolute atomic E-state index is 14.6. The summed E-state index contributed by atoms with van der Waals surface area (Å²) in [4.78, 5) is 32.2. The van der Waals surface area contributed by atoms with Crippen molar-refractivity contribution in [2.45, 2.75) is 183 Å². The lowest BCUT2D eigenvalue weighted by Crippen LogP contribution is -2.36. The number of ether oxygens (including phenoxy) is 3. The summed E-state index contributed by atoms with van der Waals surface area (Å²) < 4.78 is 21.0. The van der Waals surface area contributed by atoms with Crippen molar-refractivity contribution in [3.63, 3.8) is 0 Å². The molecule has 1 unspecified atom stereocenters. The Bertz CT molecular complexity index is 1880. The summed E-state index contributed by atoms with van der Waals surface area (Å²) in [6, 6.07) is 12.2. The summed E-state index contributed by atoms with van der Waals surface area (Å²) in [7, 11) is 0. The molecule has 1 aliphatic rings. The summed E-state index contributed by atoms with van der Waals surface area (Å²) in [5, 5.41) is 3.48. The van der Waals surface area contributed by atoms with Crippen LogP contribution in [0.4, 0.5) is 0 Å². The zero-order chi connectivity index (χ0) is 40.8. The molecule has 3 aromatic rings. The lowest BCUT2D eigenvalue weighted by molar-refractivity contribution is -0.143. The summed E-state index contributed by atoms with van der Waals surface area (Å²) in [6.45, 7) is 17.8. The number of dihydropyridines is 1. The number of hydrogen-bond acceptors (Lipinski definition) is 7. The number of aromatic nitrogens is 2. The molecule has 308 valence electrons. The molecule has 0 fully saturated rings. The molecule has 9 heteroatoms. The lowest BCUT2D eigenvalue weighted by atomic mass is 9.77. The molecule has 1 aromatic heterocycles. The fraction of sp³-hybridized carbons (Fsp3) is 0.596. The average molecular weight is 788 g/mol. The normalized spacial score (nSPS) is 14.7. The van der Waals surface area contributed by atoms with Crippen molar-refractivity contribution in [1.82, 2.24) is 14.9 Å². The number of nitrogens with zero attached hydrogens (tertiary/aromatic N) is 1. The van der Waals surface area contributed by atoms with E-state index < -0.39 is 17.9 Å². The van der Waals surface area contributed by atoms with Crippen LogP contribution in [0.3, 0.4) is 0 Å². The Kier molecular flexibility index (Phi) is 17.8. The second kappa shape index (κ2) is 22.2. The summed E-state index contributed by atoms with van der Waals surface area (Å²) in [5.74, 6) is -1.13. The number of H-pyrrole nitrogens is 1. The molecule has 0 amide bonds. The maximum atomic E-state index is 14.6. The molecule has 0 spiro atoms. The third-order valence-corrected chi connectivity index (χ3v) is 10.7. The molecule has 56 heavy (non-hydrogen) atoms. The number of hydrogen-bond donors (Lipinski definition) is 2. The molecular weight excluding hydrogens is 719 g/mol. The van der Waals surface area contributed by atoms with Crippen molar-refractivity contribution in [2.75, 3.05) is 0 Å². The van der Waals surface area contributed by atoms with E-state index in [1.54, 1.807) is 0 Å². The summed E-state index contributed by atoms with van der Waals surface area (Å²) in [6.07, 6.45) is 16.5. The SMILES string of the molecule is CCCCCCCCCCCCCCCc1cccc(OC(C)C)c1C1C(C(=O)OC(C)C)=C(C)NC(Cn2c(=S)[nH]c3cc(C)ccc32)=C1C(=O)OC(C)C. The molecule has 0 aliphatic carbocycles. The van der Waals surface area contributed by atoms with E-state index in [9.17, 15) is 9.59 Å². The fourth-order valence-corrected chi connectivity index (χ4v) is 8.07. The maximum Gasteiger partial charge on any atom is 0.337 e. The van der Waals surface area contributed by atoms with Crippen LogP contribution >= 0.6 is 12.2 Å². The number of esters is 2. The van der Waals surface area contributed by atoms with Gasteiger partial charge in [-0.3, -0.25) is 0 Å². The Balaban J connectivity index is 1.73. The highest BCUT2D eigenvalue weighted by Crippen LogP contribution is 2.46. The standard InChI is InChI=1S/C47H69N3O5S/c1-10-11-12-13-14-15-16-17-18-19-20-21-22-24-36-25-23-26-40(53-31(2)3)42(36)44-41(45(51)54-32(4)5)35(9)48-38(43(44)46(52)55-33(6)7)30-50-39-28-27-34(8)29-37(39)49-47(50)56/h23,25-29,31-33,44,48H,10-22,24,30H2,1-9H3,(H,49,56). The van der Waals surface area contributed by atoms with Gasteiger partial charge >= 0.3 is 11.9 Å². The molecule has 8 nitrogen and oxygen atoms in total. The number of carbonyl (C=O) groups is 2. The van der Waals surface area contributed by atoms with Gasteiger partial charge < -0.3 is 29.1 Å². The molecule has 0 saturated carbocycles. The van der Waals surface area contributed by atoms with E-state index in [2.05, 4.69) is 29.4 Å². The molecule has 0 radical (unpaired) electrons. The van der Waals surface area contributed by atoms with Gasteiger partial charge in [-0.25, -0.2) is 9.59 Å². The minimum absolute atomic E-state index is 0.138. The molecule has 1 atom stereocenters. The van der Waals surface area contributed by atoms with Crippen molar-refractivity contribution >= 4 is 35.2 Å². The molecule has 0 saturated heterocycles. The van der Waals surface area contributed by atoms with Gasteiger partial charge in [-0.1, -0.05) is 102 Å². The van der Waals surface area contributed by atoms with E-state index >= 15 is 0 Å². The average Bonchev–Trinajstić information content (AvgIpc) is 3.42. The van der Waals surface area contributed by atoms with E-state index in [4.69, 9.17) is 26.4 Å². The number of unbranched alkanes of at least 4 members (excludes halogenated alkanes) is 12. The zero-order valence-corrected chi connectivity index (χ0v) is 36.6. The second-order valence-corrected chi connectivity index (χ2v) is 16.8. The largest absolute Gasteiger partial charge is 0.491 e. The summed E-state index contributed by atoms with van der Waals surface area (Å²) >= 11 is 5.85. The number of fused-ring (bicyclic) bond motifs is 1. The fourth-order valence-electron chi connectivity index (χ4n) is 7.79. The van der Waals surface area contributed by atoms with E-state index in [-0.39, 0.29) is 24.9 Å². The predicted molar refractivity (Wildman–Crippen MR) is 232 cm³/mol. The lowest BCUT2D eigenvalue weighted by Gasteiger charge is -2.34. The number of carbonyl (C=O) groups excluding carboxylic acids is 2. The van der Waals surface area contributed by atoms with Crippen LogP contribution in [-0.4, -0.2) is 39.8 Å². The number of nitrogens with one attached hydrogen (secondary N) is 2.